The van der Waals surface area contributed by atoms with Gasteiger partial charge in [-0.1, -0.05) is 12.1 Å². The summed E-state index contributed by atoms with van der Waals surface area (Å²) in [6.45, 7) is 2.22. The number of nitrogens with one attached hydrogen (secondary N) is 1. The van der Waals surface area contributed by atoms with Gasteiger partial charge in [-0.15, -0.1) is 22.7 Å². The van der Waals surface area contributed by atoms with Crippen molar-refractivity contribution in [1.82, 2.24) is 10.3 Å². The summed E-state index contributed by atoms with van der Waals surface area (Å²) in [5.41, 5.74) is 4.55. The molecule has 160 valence electrons. The molecule has 1 aromatic carbocycles. The fraction of sp³-hybridized carbons (Fsp3) is 0.167. The van der Waals surface area contributed by atoms with Crippen molar-refractivity contribution in [3.05, 3.63) is 81.1 Å². The van der Waals surface area contributed by atoms with Gasteiger partial charge in [-0.2, -0.15) is 5.26 Å². The van der Waals surface area contributed by atoms with Crippen LogP contribution in [-0.4, -0.2) is 11.8 Å². The van der Waals surface area contributed by atoms with E-state index in [-0.39, 0.29) is 6.79 Å². The van der Waals surface area contributed by atoms with E-state index >= 15 is 0 Å². The molecule has 0 saturated carbocycles. The predicted molar refractivity (Wildman–Crippen MR) is 124 cm³/mol. The average Bonchev–Trinajstić information content (AvgIpc) is 3.57. The first-order valence-corrected chi connectivity index (χ1v) is 11.8. The van der Waals surface area contributed by atoms with Gasteiger partial charge in [0.2, 0.25) is 6.79 Å². The fourth-order valence-corrected chi connectivity index (χ4v) is 5.13. The van der Waals surface area contributed by atoms with Crippen molar-refractivity contribution >= 4 is 22.7 Å². The minimum Gasteiger partial charge on any atom is -0.478 e. The Bertz CT molecular complexity index is 1260. The van der Waals surface area contributed by atoms with Gasteiger partial charge in [0.05, 0.1) is 0 Å². The lowest BCUT2D eigenvalue weighted by Crippen LogP contribution is -2.11. The van der Waals surface area contributed by atoms with Crippen molar-refractivity contribution in [2.45, 2.75) is 19.7 Å². The summed E-state index contributed by atoms with van der Waals surface area (Å²) >= 11 is 3.13. The first-order chi connectivity index (χ1) is 15.8. The second kappa shape index (κ2) is 9.40. The maximum Gasteiger partial charge on any atom is 0.231 e. The number of hydrogen-bond acceptors (Lipinski definition) is 8. The van der Waals surface area contributed by atoms with Gasteiger partial charge >= 0.3 is 0 Å². The van der Waals surface area contributed by atoms with E-state index in [1.165, 1.54) is 16.2 Å². The van der Waals surface area contributed by atoms with E-state index in [0.29, 0.717) is 23.0 Å². The Hall–Kier alpha value is -3.38. The third kappa shape index (κ3) is 4.46. The molecule has 32 heavy (non-hydrogen) atoms. The molecule has 0 fully saturated rings. The summed E-state index contributed by atoms with van der Waals surface area (Å²) in [5, 5.41) is 17.9. The molecule has 4 aromatic rings. The van der Waals surface area contributed by atoms with Gasteiger partial charge in [0, 0.05) is 46.9 Å². The first kappa shape index (κ1) is 20.5. The van der Waals surface area contributed by atoms with Crippen LogP contribution < -0.4 is 19.5 Å². The number of benzene rings is 1. The summed E-state index contributed by atoms with van der Waals surface area (Å²) < 4.78 is 16.8. The third-order valence-electron chi connectivity index (χ3n) is 4.98. The Morgan fingerprint density at radius 2 is 2.00 bits per heavy atom. The Kier molecular flexibility index (Phi) is 6.03. The van der Waals surface area contributed by atoms with Crippen LogP contribution in [0.5, 0.6) is 16.6 Å². The topological polar surface area (TPSA) is 76.4 Å². The normalized spacial score (nSPS) is 12.0. The second-order valence-electron chi connectivity index (χ2n) is 7.17. The number of rotatable bonds is 8. The standard InChI is InChI=1S/C24H19N3O3S2/c25-8-20-21(18-3-4-22-23(7-18)30-15-29-22)14-32-24(20)28-12-17-6-19(31-13-17)11-27-10-16-2-1-5-26-9-16/h1-7,9,13-14,27H,10-12,15H2. The van der Waals surface area contributed by atoms with Crippen LogP contribution >= 0.6 is 22.7 Å². The number of ether oxygens (including phenoxy) is 3. The number of nitriles is 1. The Morgan fingerprint density at radius 1 is 1.06 bits per heavy atom. The highest BCUT2D eigenvalue weighted by Gasteiger charge is 2.19. The number of thiophene rings is 2. The molecule has 6 nitrogen and oxygen atoms in total. The number of pyridine rings is 1. The molecular formula is C24H19N3O3S2. The summed E-state index contributed by atoms with van der Waals surface area (Å²) in [6, 6.07) is 14.1. The molecule has 8 heteroatoms. The minimum absolute atomic E-state index is 0.226. The number of fused-ring (bicyclic) bond motifs is 1. The fourth-order valence-electron chi connectivity index (χ4n) is 3.40. The lowest BCUT2D eigenvalue weighted by molar-refractivity contribution is 0.174. The van der Waals surface area contributed by atoms with E-state index < -0.39 is 0 Å². The third-order valence-corrected chi connectivity index (χ3v) is 6.86. The quantitative estimate of drug-likeness (QED) is 0.382. The number of hydrogen-bond donors (Lipinski definition) is 1. The lowest BCUT2D eigenvalue weighted by Gasteiger charge is -2.04. The van der Waals surface area contributed by atoms with Crippen LogP contribution in [0, 0.1) is 11.3 Å². The molecule has 0 unspecified atom stereocenters. The van der Waals surface area contributed by atoms with Crippen LogP contribution in [0.25, 0.3) is 11.1 Å². The molecule has 0 saturated heterocycles. The molecule has 5 rings (SSSR count). The van der Waals surface area contributed by atoms with Crippen LogP contribution in [0.2, 0.25) is 0 Å². The van der Waals surface area contributed by atoms with Gasteiger partial charge in [0.1, 0.15) is 18.2 Å². The molecule has 3 aromatic heterocycles. The maximum absolute atomic E-state index is 9.75. The van der Waals surface area contributed by atoms with Gasteiger partial charge in [-0.25, -0.2) is 0 Å². The van der Waals surface area contributed by atoms with Gasteiger partial charge in [-0.05, 0) is 40.8 Å². The summed E-state index contributed by atoms with van der Waals surface area (Å²) in [6.07, 6.45) is 3.64. The molecule has 0 bridgehead atoms. The van der Waals surface area contributed by atoms with Crippen LogP contribution in [0.15, 0.2) is 59.6 Å². The Balaban J connectivity index is 1.21. The minimum atomic E-state index is 0.226. The predicted octanol–water partition coefficient (Wildman–Crippen LogP) is 5.34. The summed E-state index contributed by atoms with van der Waals surface area (Å²) in [4.78, 5) is 5.37. The van der Waals surface area contributed by atoms with Crippen molar-refractivity contribution < 1.29 is 14.2 Å². The molecule has 1 aliphatic rings. The number of nitrogens with zero attached hydrogens (tertiary/aromatic N) is 2. The highest BCUT2D eigenvalue weighted by Crippen LogP contribution is 2.41. The highest BCUT2D eigenvalue weighted by atomic mass is 32.1. The second-order valence-corrected chi connectivity index (χ2v) is 9.00. The van der Waals surface area contributed by atoms with Gasteiger partial charge in [-0.3, -0.25) is 4.98 Å². The van der Waals surface area contributed by atoms with E-state index in [2.05, 4.69) is 33.9 Å². The van der Waals surface area contributed by atoms with Crippen molar-refractivity contribution in [3.63, 3.8) is 0 Å². The van der Waals surface area contributed by atoms with Crippen LogP contribution in [0.4, 0.5) is 0 Å². The van der Waals surface area contributed by atoms with Gasteiger partial charge < -0.3 is 19.5 Å². The van der Waals surface area contributed by atoms with E-state index in [1.54, 1.807) is 17.5 Å². The zero-order valence-electron chi connectivity index (χ0n) is 17.0. The average molecular weight is 462 g/mol. The molecule has 1 aliphatic heterocycles. The zero-order valence-corrected chi connectivity index (χ0v) is 18.7. The molecule has 0 amide bonds. The van der Waals surface area contributed by atoms with Gasteiger partial charge in [0.25, 0.3) is 0 Å². The Labute approximate surface area is 193 Å². The monoisotopic (exact) mass is 461 g/mol. The number of aromatic nitrogens is 1. The first-order valence-electron chi connectivity index (χ1n) is 10.0. The smallest absolute Gasteiger partial charge is 0.231 e. The van der Waals surface area contributed by atoms with Crippen LogP contribution in [0.1, 0.15) is 21.6 Å². The maximum atomic E-state index is 9.75. The van der Waals surface area contributed by atoms with E-state index in [4.69, 9.17) is 14.2 Å². The molecule has 0 radical (unpaired) electrons. The van der Waals surface area contributed by atoms with Crippen molar-refractivity contribution in [2.24, 2.45) is 0 Å². The van der Waals surface area contributed by atoms with Crippen LogP contribution in [0.3, 0.4) is 0 Å². The molecule has 4 heterocycles. The Morgan fingerprint density at radius 3 is 2.88 bits per heavy atom. The molecule has 0 aliphatic carbocycles. The van der Waals surface area contributed by atoms with E-state index in [1.807, 2.05) is 35.8 Å². The van der Waals surface area contributed by atoms with Gasteiger partial charge in [0.15, 0.2) is 16.6 Å². The largest absolute Gasteiger partial charge is 0.478 e. The molecule has 0 spiro atoms. The SMILES string of the molecule is N#Cc1c(-c2ccc3c(c2)OCO3)csc1OCc1csc(CNCc2cccnc2)c1. The molecule has 1 N–H and O–H groups in total. The zero-order chi connectivity index (χ0) is 21.8. The lowest BCUT2D eigenvalue weighted by atomic mass is 10.0. The molecule has 0 atom stereocenters. The van der Waals surface area contributed by atoms with Crippen molar-refractivity contribution in [1.29, 1.82) is 5.26 Å². The van der Waals surface area contributed by atoms with E-state index in [0.717, 1.165) is 41.1 Å². The summed E-state index contributed by atoms with van der Waals surface area (Å²) in [5.74, 6) is 1.42. The molecular weight excluding hydrogens is 442 g/mol. The summed E-state index contributed by atoms with van der Waals surface area (Å²) in [7, 11) is 0. The van der Waals surface area contributed by atoms with E-state index in [9.17, 15) is 5.26 Å². The van der Waals surface area contributed by atoms with Crippen molar-refractivity contribution in [3.8, 4) is 33.8 Å². The van der Waals surface area contributed by atoms with Crippen molar-refractivity contribution in [2.75, 3.05) is 6.79 Å². The van der Waals surface area contributed by atoms with Crippen LogP contribution in [-0.2, 0) is 19.7 Å². The highest BCUT2D eigenvalue weighted by molar-refractivity contribution is 7.12.